The summed E-state index contributed by atoms with van der Waals surface area (Å²) in [6, 6.07) is 10.8. The highest BCUT2D eigenvalue weighted by atomic mass is 19.4. The predicted octanol–water partition coefficient (Wildman–Crippen LogP) is 3.75. The van der Waals surface area contributed by atoms with E-state index < -0.39 is 11.7 Å². The van der Waals surface area contributed by atoms with Crippen molar-refractivity contribution in [2.45, 2.75) is 12.7 Å². The van der Waals surface area contributed by atoms with Crippen LogP contribution >= 0.6 is 0 Å². The normalized spacial score (nSPS) is 15.4. The van der Waals surface area contributed by atoms with Gasteiger partial charge in [-0.1, -0.05) is 18.2 Å². The number of halogens is 3. The number of rotatable bonds is 6. The molecule has 0 atom stereocenters. The van der Waals surface area contributed by atoms with Gasteiger partial charge in [0.2, 0.25) is 0 Å². The van der Waals surface area contributed by atoms with Crippen LogP contribution in [0.3, 0.4) is 0 Å². The number of nitrogens with zero attached hydrogens (tertiary/aromatic N) is 2. The van der Waals surface area contributed by atoms with Gasteiger partial charge < -0.3 is 14.3 Å². The molecule has 0 aliphatic carbocycles. The van der Waals surface area contributed by atoms with Crippen molar-refractivity contribution < 1.29 is 27.5 Å². The fraction of sp³-hybridized carbons (Fsp3) is 0.333. The lowest BCUT2D eigenvalue weighted by Crippen LogP contribution is -2.55. The van der Waals surface area contributed by atoms with Gasteiger partial charge in [-0.25, -0.2) is 0 Å². The lowest BCUT2D eigenvalue weighted by molar-refractivity contribution is -0.212. The largest absolute Gasteiger partial charge is 0.493 e. The molecule has 0 saturated carbocycles. The van der Waals surface area contributed by atoms with E-state index in [1.165, 1.54) is 23.3 Å². The molecule has 1 aliphatic heterocycles. The first kappa shape index (κ1) is 18.3. The quantitative estimate of drug-likeness (QED) is 0.776. The molecule has 1 aliphatic rings. The average molecular weight is 368 g/mol. The van der Waals surface area contributed by atoms with Crippen LogP contribution in [-0.4, -0.2) is 37.5 Å². The molecule has 0 unspecified atom stereocenters. The van der Waals surface area contributed by atoms with Crippen LogP contribution in [0.2, 0.25) is 0 Å². The third-order valence-corrected chi connectivity index (χ3v) is 3.99. The molecule has 1 heterocycles. The fourth-order valence-electron chi connectivity index (χ4n) is 2.72. The van der Waals surface area contributed by atoms with Crippen LogP contribution in [0.1, 0.15) is 11.1 Å². The number of hydroxylamine groups is 2. The Labute approximate surface area is 149 Å². The third kappa shape index (κ3) is 4.03. The summed E-state index contributed by atoms with van der Waals surface area (Å²) in [6.45, 7) is 1.43. The van der Waals surface area contributed by atoms with E-state index in [0.717, 1.165) is 11.6 Å². The first-order valence-corrected chi connectivity index (χ1v) is 7.93. The number of hydrogen-bond donors (Lipinski definition) is 0. The first-order valence-electron chi connectivity index (χ1n) is 7.93. The van der Waals surface area contributed by atoms with Crippen LogP contribution in [0.15, 0.2) is 42.5 Å². The van der Waals surface area contributed by atoms with E-state index in [9.17, 15) is 13.2 Å². The van der Waals surface area contributed by atoms with Crippen LogP contribution in [0.5, 0.6) is 17.2 Å². The summed E-state index contributed by atoms with van der Waals surface area (Å²) in [7, 11) is 3.14. The molecule has 5 nitrogen and oxygen atoms in total. The summed E-state index contributed by atoms with van der Waals surface area (Å²) in [5.41, 5.74) is 0.233. The summed E-state index contributed by atoms with van der Waals surface area (Å²) < 4.78 is 49.4. The number of benzene rings is 2. The van der Waals surface area contributed by atoms with Gasteiger partial charge in [0, 0.05) is 6.54 Å². The standard InChI is InChI=1S/C18H19F3N2O3/c1-24-16-8-7-13(9-17(16)25-2)10-22-11-23(12-22)26-15-6-4-3-5-14(15)18(19,20)21/h3-9H,10-12H2,1-2H3. The van der Waals surface area contributed by atoms with Crippen molar-refractivity contribution in [2.75, 3.05) is 27.6 Å². The lowest BCUT2D eigenvalue weighted by Gasteiger charge is -2.41. The molecule has 140 valence electrons. The molecule has 0 bridgehead atoms. The number of alkyl halides is 3. The zero-order valence-electron chi connectivity index (χ0n) is 14.4. The summed E-state index contributed by atoms with van der Waals surface area (Å²) in [5, 5.41) is 1.48. The fourth-order valence-corrected chi connectivity index (χ4v) is 2.72. The molecule has 1 saturated heterocycles. The van der Waals surface area contributed by atoms with E-state index in [-0.39, 0.29) is 5.75 Å². The van der Waals surface area contributed by atoms with E-state index in [4.69, 9.17) is 14.3 Å². The van der Waals surface area contributed by atoms with Gasteiger partial charge in [0.25, 0.3) is 0 Å². The Bertz CT molecular complexity index is 762. The summed E-state index contributed by atoms with van der Waals surface area (Å²) >= 11 is 0. The van der Waals surface area contributed by atoms with Crippen molar-refractivity contribution in [2.24, 2.45) is 0 Å². The Balaban J connectivity index is 1.57. The highest BCUT2D eigenvalue weighted by molar-refractivity contribution is 5.42. The van der Waals surface area contributed by atoms with E-state index in [1.807, 2.05) is 23.1 Å². The Hall–Kier alpha value is -2.45. The minimum atomic E-state index is -4.44. The Morgan fingerprint density at radius 2 is 1.62 bits per heavy atom. The number of methoxy groups -OCH3 is 2. The molecule has 0 aromatic heterocycles. The Morgan fingerprint density at radius 3 is 2.27 bits per heavy atom. The monoisotopic (exact) mass is 368 g/mol. The smallest absolute Gasteiger partial charge is 0.420 e. The summed E-state index contributed by atoms with van der Waals surface area (Å²) in [5.74, 6) is 1.09. The highest BCUT2D eigenvalue weighted by Crippen LogP contribution is 2.36. The zero-order valence-corrected chi connectivity index (χ0v) is 14.4. The molecule has 0 spiro atoms. The molecule has 0 amide bonds. The van der Waals surface area contributed by atoms with Gasteiger partial charge in [0.1, 0.15) is 5.56 Å². The minimum absolute atomic E-state index is 0.189. The maximum Gasteiger partial charge on any atom is 0.420 e. The second kappa shape index (κ2) is 7.43. The highest BCUT2D eigenvalue weighted by Gasteiger charge is 2.36. The molecule has 2 aromatic carbocycles. The second-order valence-electron chi connectivity index (χ2n) is 5.87. The summed E-state index contributed by atoms with van der Waals surface area (Å²) in [6.07, 6.45) is -4.44. The lowest BCUT2D eigenvalue weighted by atomic mass is 10.2. The van der Waals surface area contributed by atoms with Gasteiger partial charge in [-0.05, 0) is 29.8 Å². The maximum absolute atomic E-state index is 13.0. The molecule has 2 aromatic rings. The Morgan fingerprint density at radius 1 is 0.923 bits per heavy atom. The minimum Gasteiger partial charge on any atom is -0.493 e. The predicted molar refractivity (Wildman–Crippen MR) is 88.7 cm³/mol. The molecule has 1 fully saturated rings. The van der Waals surface area contributed by atoms with Crippen LogP contribution in [0.25, 0.3) is 0 Å². The van der Waals surface area contributed by atoms with Gasteiger partial charge in [0.15, 0.2) is 17.2 Å². The van der Waals surface area contributed by atoms with Crippen molar-refractivity contribution in [1.82, 2.24) is 9.96 Å². The first-order chi connectivity index (χ1) is 12.4. The zero-order chi connectivity index (χ0) is 18.7. The molecule has 0 N–H and O–H groups in total. The van der Waals surface area contributed by atoms with E-state index in [0.29, 0.717) is 31.4 Å². The molecule has 26 heavy (non-hydrogen) atoms. The van der Waals surface area contributed by atoms with E-state index in [1.54, 1.807) is 14.2 Å². The average Bonchev–Trinajstić information content (AvgIpc) is 2.59. The van der Waals surface area contributed by atoms with Gasteiger partial charge >= 0.3 is 6.18 Å². The second-order valence-corrected chi connectivity index (χ2v) is 5.87. The van der Waals surface area contributed by atoms with Crippen LogP contribution in [0, 0.1) is 0 Å². The van der Waals surface area contributed by atoms with Crippen molar-refractivity contribution in [3.05, 3.63) is 53.6 Å². The number of para-hydroxylation sites is 1. The topological polar surface area (TPSA) is 34.2 Å². The molecule has 8 heteroatoms. The van der Waals surface area contributed by atoms with Gasteiger partial charge in [0.05, 0.1) is 27.6 Å². The van der Waals surface area contributed by atoms with E-state index in [2.05, 4.69) is 0 Å². The van der Waals surface area contributed by atoms with Gasteiger partial charge in [-0.2, -0.15) is 13.2 Å². The molecular formula is C18H19F3N2O3. The summed E-state index contributed by atoms with van der Waals surface area (Å²) in [4.78, 5) is 7.41. The van der Waals surface area contributed by atoms with Crippen molar-refractivity contribution in [1.29, 1.82) is 0 Å². The van der Waals surface area contributed by atoms with Gasteiger partial charge in [-0.3, -0.25) is 4.90 Å². The maximum atomic E-state index is 13.0. The third-order valence-electron chi connectivity index (χ3n) is 3.99. The van der Waals surface area contributed by atoms with Crippen molar-refractivity contribution in [3.63, 3.8) is 0 Å². The Kier molecular flexibility index (Phi) is 5.24. The number of ether oxygens (including phenoxy) is 2. The van der Waals surface area contributed by atoms with Crippen LogP contribution in [0.4, 0.5) is 13.2 Å². The van der Waals surface area contributed by atoms with Crippen molar-refractivity contribution >= 4 is 0 Å². The SMILES string of the molecule is COc1ccc(CN2CN(Oc3ccccc3C(F)(F)F)C2)cc1OC. The molecule has 3 rings (SSSR count). The van der Waals surface area contributed by atoms with Gasteiger partial charge in [-0.15, -0.1) is 5.06 Å². The van der Waals surface area contributed by atoms with E-state index >= 15 is 0 Å². The van der Waals surface area contributed by atoms with Crippen LogP contribution in [-0.2, 0) is 12.7 Å². The molecular weight excluding hydrogens is 349 g/mol. The van der Waals surface area contributed by atoms with Crippen molar-refractivity contribution in [3.8, 4) is 17.2 Å². The van der Waals surface area contributed by atoms with Crippen LogP contribution < -0.4 is 14.3 Å². The number of hydrogen-bond acceptors (Lipinski definition) is 5. The molecule has 0 radical (unpaired) electrons.